The van der Waals surface area contributed by atoms with Crippen LogP contribution in [-0.2, 0) is 55.7 Å². The Labute approximate surface area is 263 Å². The van der Waals surface area contributed by atoms with Crippen LogP contribution in [0.5, 0.6) is 5.75 Å². The zero-order chi connectivity index (χ0) is 35.0. The van der Waals surface area contributed by atoms with Gasteiger partial charge in [0.2, 0.25) is 0 Å². The Kier molecular flexibility index (Phi) is 14.4. The molecule has 0 radical (unpaired) electrons. The van der Waals surface area contributed by atoms with Gasteiger partial charge in [0, 0.05) is 25.1 Å². The summed E-state index contributed by atoms with van der Waals surface area (Å²) >= 11 is 0. The van der Waals surface area contributed by atoms with Crippen molar-refractivity contribution in [3.8, 4) is 5.75 Å². The molecule has 0 bridgehead atoms. The maximum Gasteiger partial charge on any atom is 0.446 e. The number of rotatable bonds is 18. The average molecular weight is 706 g/mol. The number of nitrogens with one attached hydrogen (secondary N) is 1. The van der Waals surface area contributed by atoms with E-state index in [0.717, 1.165) is 23.8 Å². The van der Waals surface area contributed by atoms with Crippen LogP contribution in [0.15, 0.2) is 29.8 Å². The number of nitrogens with zero attached hydrogens (tertiary/aromatic N) is 2. The molecule has 0 spiro atoms. The standard InChI is InChI=1S/C24H40N4O14S3/c1-16(2)11-13-27(24(25)26)12-7-8-20(28(4,5)6)23(29)40-17(3)22(42-45(36,37)38)18-9-10-21(41-44(33,34)35)19(14-18)15-39-43(30,31)32/h9-11,14,17,20,22H,7-8,12-13,15H2,1-6H3,(H5-,25,26,30,31,32,33,34,35,36,37,38)/p+1. The van der Waals surface area contributed by atoms with Crippen molar-refractivity contribution in [2.75, 3.05) is 34.2 Å². The van der Waals surface area contributed by atoms with E-state index >= 15 is 0 Å². The second kappa shape index (κ2) is 16.1. The summed E-state index contributed by atoms with van der Waals surface area (Å²) in [6.45, 7) is 4.73. The minimum atomic E-state index is -5.20. The van der Waals surface area contributed by atoms with E-state index in [0.29, 0.717) is 19.5 Å². The summed E-state index contributed by atoms with van der Waals surface area (Å²) in [6.07, 6.45) is -0.652. The molecule has 1 aromatic carbocycles. The van der Waals surface area contributed by atoms with Gasteiger partial charge in [-0.15, -0.1) is 0 Å². The maximum absolute atomic E-state index is 13.4. The quantitative estimate of drug-likeness (QED) is 0.0356. The van der Waals surface area contributed by atoms with Gasteiger partial charge in [0.05, 0.1) is 27.7 Å². The fourth-order valence-electron chi connectivity index (χ4n) is 3.98. The van der Waals surface area contributed by atoms with Crippen molar-refractivity contribution in [2.24, 2.45) is 5.73 Å². The third-order valence-corrected chi connectivity index (χ3v) is 7.35. The van der Waals surface area contributed by atoms with Gasteiger partial charge in [-0.2, -0.15) is 25.3 Å². The molecule has 6 N–H and O–H groups in total. The third kappa shape index (κ3) is 15.8. The van der Waals surface area contributed by atoms with Gasteiger partial charge in [0.1, 0.15) is 12.2 Å². The molecule has 0 fully saturated rings. The molecule has 0 amide bonds. The van der Waals surface area contributed by atoms with E-state index in [1.54, 1.807) is 26.0 Å². The van der Waals surface area contributed by atoms with E-state index in [9.17, 15) is 34.6 Å². The van der Waals surface area contributed by atoms with Crippen molar-refractivity contribution in [1.29, 1.82) is 5.41 Å². The first-order valence-electron chi connectivity index (χ1n) is 13.1. The zero-order valence-corrected chi connectivity index (χ0v) is 28.1. The molecule has 45 heavy (non-hydrogen) atoms. The van der Waals surface area contributed by atoms with Crippen molar-refractivity contribution in [2.45, 2.75) is 58.5 Å². The number of hydrogen-bond acceptors (Lipinski definition) is 12. The lowest BCUT2D eigenvalue weighted by Crippen LogP contribution is -2.51. The molecule has 3 unspecified atom stereocenters. The summed E-state index contributed by atoms with van der Waals surface area (Å²) in [5, 5.41) is 7.81. The van der Waals surface area contributed by atoms with Crippen molar-refractivity contribution in [1.82, 2.24) is 4.90 Å². The van der Waals surface area contributed by atoms with E-state index in [1.165, 1.54) is 6.92 Å². The van der Waals surface area contributed by atoms with Crippen molar-refractivity contribution < 1.29 is 65.5 Å². The minimum Gasteiger partial charge on any atom is -0.455 e. The van der Waals surface area contributed by atoms with Gasteiger partial charge in [-0.3, -0.25) is 19.1 Å². The Morgan fingerprint density at radius 1 is 1.04 bits per heavy atom. The summed E-state index contributed by atoms with van der Waals surface area (Å²) in [5.41, 5.74) is 6.06. The molecule has 21 heteroatoms. The van der Waals surface area contributed by atoms with E-state index in [-0.39, 0.29) is 22.4 Å². The zero-order valence-electron chi connectivity index (χ0n) is 25.6. The first-order chi connectivity index (χ1) is 20.3. The molecule has 0 aliphatic carbocycles. The SMILES string of the molecule is CC(C)=CCN(CCCC(C(=O)OC(C)C(OS(=O)(=O)O)c1ccc(OS(=O)(=O)O)c(COS(=O)(=O)O)c1)[N+](C)(C)C)C(=N)N. The van der Waals surface area contributed by atoms with Crippen LogP contribution < -0.4 is 9.92 Å². The van der Waals surface area contributed by atoms with Gasteiger partial charge >= 0.3 is 37.2 Å². The molecule has 0 aromatic heterocycles. The molecule has 1 rings (SSSR count). The van der Waals surface area contributed by atoms with Gasteiger partial charge in [-0.25, -0.2) is 13.2 Å². The molecule has 0 heterocycles. The lowest BCUT2D eigenvalue weighted by molar-refractivity contribution is -0.887. The molecule has 3 atom stereocenters. The molecule has 258 valence electrons. The Morgan fingerprint density at radius 2 is 1.64 bits per heavy atom. The van der Waals surface area contributed by atoms with E-state index < -0.39 is 73.3 Å². The van der Waals surface area contributed by atoms with Crippen LogP contribution in [-0.4, -0.2) is 107 Å². The van der Waals surface area contributed by atoms with Gasteiger partial charge in [0.25, 0.3) is 0 Å². The van der Waals surface area contributed by atoms with Gasteiger partial charge < -0.3 is 24.0 Å². The van der Waals surface area contributed by atoms with Crippen LogP contribution in [0.4, 0.5) is 0 Å². The Morgan fingerprint density at radius 3 is 2.11 bits per heavy atom. The molecule has 0 aliphatic heterocycles. The molecule has 0 saturated heterocycles. The number of carbonyl (C=O) groups excluding carboxylic acids is 1. The number of benzene rings is 1. The molecular weight excluding hydrogens is 664 g/mol. The van der Waals surface area contributed by atoms with Crippen LogP contribution in [0, 0.1) is 5.41 Å². The van der Waals surface area contributed by atoms with Gasteiger partial charge in [-0.1, -0.05) is 17.7 Å². The second-order valence-corrected chi connectivity index (χ2v) is 14.2. The Bertz CT molecular complexity index is 1550. The number of likely N-dealkylation sites (N-methyl/N-ethyl adjacent to an activating group) is 1. The molecular formula is C24H41N4O14S3+. The normalized spacial score (nSPS) is 14.6. The number of quaternary nitrogens is 1. The molecule has 1 aromatic rings. The van der Waals surface area contributed by atoms with Crippen LogP contribution in [0.3, 0.4) is 0 Å². The topological polar surface area (TPSA) is 270 Å². The second-order valence-electron chi connectivity index (χ2n) is 11.0. The summed E-state index contributed by atoms with van der Waals surface area (Å²) in [6, 6.07) is 2.01. The smallest absolute Gasteiger partial charge is 0.446 e. The first kappa shape index (κ1) is 40.1. The Balaban J connectivity index is 3.36. The third-order valence-electron chi connectivity index (χ3n) is 6.10. The van der Waals surface area contributed by atoms with Crippen LogP contribution in [0.1, 0.15) is 50.8 Å². The van der Waals surface area contributed by atoms with E-state index in [2.05, 4.69) is 8.37 Å². The number of guanidine groups is 1. The number of allylic oxidation sites excluding steroid dienone is 1. The highest BCUT2D eigenvalue weighted by atomic mass is 32.3. The van der Waals surface area contributed by atoms with Crippen molar-refractivity contribution >= 4 is 43.1 Å². The number of esters is 1. The van der Waals surface area contributed by atoms with Crippen LogP contribution >= 0.6 is 0 Å². The minimum absolute atomic E-state index is 0.0855. The highest BCUT2D eigenvalue weighted by molar-refractivity contribution is 7.81. The summed E-state index contributed by atoms with van der Waals surface area (Å²) in [4.78, 5) is 15.0. The number of ether oxygens (including phenoxy) is 1. The molecule has 18 nitrogen and oxygen atoms in total. The monoisotopic (exact) mass is 705 g/mol. The predicted molar refractivity (Wildman–Crippen MR) is 160 cm³/mol. The van der Waals surface area contributed by atoms with Crippen molar-refractivity contribution in [3.05, 3.63) is 41.0 Å². The average Bonchev–Trinajstić information content (AvgIpc) is 2.83. The summed E-state index contributed by atoms with van der Waals surface area (Å²) in [7, 11) is -10.2. The van der Waals surface area contributed by atoms with Gasteiger partial charge in [0.15, 0.2) is 17.8 Å². The summed E-state index contributed by atoms with van der Waals surface area (Å²) in [5.74, 6) is -1.60. The molecule has 0 aliphatic rings. The Hall–Kier alpha value is -2.89. The maximum atomic E-state index is 13.4. The number of hydrogen-bond donors (Lipinski definition) is 5. The highest BCUT2D eigenvalue weighted by Gasteiger charge is 2.37. The van der Waals surface area contributed by atoms with Gasteiger partial charge in [-0.05, 0) is 44.9 Å². The highest BCUT2D eigenvalue weighted by Crippen LogP contribution is 2.31. The van der Waals surface area contributed by atoms with E-state index in [4.69, 9.17) is 29.2 Å². The van der Waals surface area contributed by atoms with E-state index in [1.807, 2.05) is 19.9 Å². The largest absolute Gasteiger partial charge is 0.455 e. The van der Waals surface area contributed by atoms with Crippen molar-refractivity contribution in [3.63, 3.8) is 0 Å². The van der Waals surface area contributed by atoms with Crippen LogP contribution in [0.2, 0.25) is 0 Å². The lowest BCUT2D eigenvalue weighted by Gasteiger charge is -2.34. The number of nitrogens with two attached hydrogens (primary N) is 1. The predicted octanol–water partition coefficient (Wildman–Crippen LogP) is 0.996. The summed E-state index contributed by atoms with van der Waals surface area (Å²) < 4.78 is 115. The lowest BCUT2D eigenvalue weighted by atomic mass is 10.0. The molecule has 0 saturated carbocycles. The number of carbonyl (C=O) groups is 1. The first-order valence-corrected chi connectivity index (χ1v) is 17.2. The fourth-order valence-corrected chi connectivity index (χ4v) is 5.18. The van der Waals surface area contributed by atoms with Crippen LogP contribution in [0.25, 0.3) is 0 Å². The fraction of sp³-hybridized carbons (Fsp3) is 0.583.